The Kier molecular flexibility index (Phi) is 9.23. The number of hydrogen-bond donors (Lipinski definition) is 3. The van der Waals surface area contributed by atoms with E-state index in [0.717, 1.165) is 0 Å². The Morgan fingerprint density at radius 3 is 2.68 bits per heavy atom. The van der Waals surface area contributed by atoms with Gasteiger partial charge in [-0.1, -0.05) is 37.6 Å². The molecule has 1 aromatic heterocycles. The molecular weight excluding hydrogens is 506 g/mol. The predicted molar refractivity (Wildman–Crippen MR) is 137 cm³/mol. The van der Waals surface area contributed by atoms with Gasteiger partial charge in [0.05, 0.1) is 11.1 Å². The number of nitrogens with zero attached hydrogens (tertiary/aromatic N) is 2. The molecule has 3 aromatic rings. The van der Waals surface area contributed by atoms with E-state index in [2.05, 4.69) is 15.6 Å². The lowest BCUT2D eigenvalue weighted by Crippen LogP contribution is -2.48. The van der Waals surface area contributed by atoms with E-state index in [4.69, 9.17) is 16.3 Å². The van der Waals surface area contributed by atoms with Gasteiger partial charge in [-0.25, -0.2) is 23.4 Å². The van der Waals surface area contributed by atoms with E-state index < -0.39 is 35.2 Å². The molecule has 1 heterocycles. The first-order valence-electron chi connectivity index (χ1n) is 11.5. The van der Waals surface area contributed by atoms with Gasteiger partial charge in [-0.15, -0.1) is 0 Å². The van der Waals surface area contributed by atoms with Crippen LogP contribution in [0.2, 0.25) is 5.02 Å². The van der Waals surface area contributed by atoms with E-state index in [1.165, 1.54) is 48.5 Å². The molecular formula is C26H29ClF2N4O4. The van der Waals surface area contributed by atoms with Gasteiger partial charge >= 0.3 is 12.1 Å². The quantitative estimate of drug-likeness (QED) is 0.344. The maximum Gasteiger partial charge on any atom is 0.412 e. The molecule has 2 aromatic carbocycles. The Hall–Kier alpha value is -3.50. The van der Waals surface area contributed by atoms with Crippen molar-refractivity contribution in [2.24, 2.45) is 5.41 Å². The van der Waals surface area contributed by atoms with Gasteiger partial charge in [0.1, 0.15) is 24.1 Å². The Labute approximate surface area is 218 Å². The second kappa shape index (κ2) is 12.2. The number of nitrogens with one attached hydrogen (secondary N) is 2. The lowest BCUT2D eigenvalue weighted by molar-refractivity contribution is 0.0736. The lowest BCUT2D eigenvalue weighted by Gasteiger charge is -2.33. The Morgan fingerprint density at radius 1 is 1.19 bits per heavy atom. The zero-order valence-electron chi connectivity index (χ0n) is 20.7. The molecule has 1 atom stereocenters. The number of amides is 3. The van der Waals surface area contributed by atoms with Crippen LogP contribution < -0.4 is 10.6 Å². The van der Waals surface area contributed by atoms with Gasteiger partial charge in [0.15, 0.2) is 0 Å². The Balaban J connectivity index is 1.64. The largest absolute Gasteiger partial charge is 0.447 e. The van der Waals surface area contributed by atoms with Crippen molar-refractivity contribution in [1.29, 1.82) is 0 Å². The summed E-state index contributed by atoms with van der Waals surface area (Å²) in [6.07, 6.45) is 1.00. The van der Waals surface area contributed by atoms with Gasteiger partial charge in [-0.05, 0) is 53.1 Å². The first kappa shape index (κ1) is 28.1. The summed E-state index contributed by atoms with van der Waals surface area (Å²) in [6, 6.07) is 8.95. The zero-order valence-corrected chi connectivity index (χ0v) is 21.5. The molecule has 0 aliphatic rings. The van der Waals surface area contributed by atoms with Gasteiger partial charge in [-0.3, -0.25) is 5.32 Å². The smallest absolute Gasteiger partial charge is 0.412 e. The average Bonchev–Trinajstić information content (AvgIpc) is 2.86. The number of aromatic nitrogens is 1. The molecule has 0 saturated heterocycles. The monoisotopic (exact) mass is 534 g/mol. The lowest BCUT2D eigenvalue weighted by atomic mass is 9.86. The maximum atomic E-state index is 13.7. The molecule has 37 heavy (non-hydrogen) atoms. The summed E-state index contributed by atoms with van der Waals surface area (Å²) in [5, 5.41) is 16.1. The second-order valence-electron chi connectivity index (χ2n) is 9.45. The molecule has 3 amide bonds. The van der Waals surface area contributed by atoms with Gasteiger partial charge in [0.2, 0.25) is 0 Å². The number of carbonyl (C=O) groups excluding carboxylic acids is 2. The van der Waals surface area contributed by atoms with Crippen molar-refractivity contribution in [3.8, 4) is 0 Å². The van der Waals surface area contributed by atoms with Crippen LogP contribution in [0, 0.1) is 17.0 Å². The van der Waals surface area contributed by atoms with E-state index in [9.17, 15) is 23.5 Å². The first-order valence-corrected chi connectivity index (χ1v) is 11.9. The molecule has 0 saturated carbocycles. The minimum absolute atomic E-state index is 0.00848. The standard InChI is InChI=1S/C26H29ClF2N4O4/c1-26(2,15-34)11-20(33(3)24(35)31-13-17-5-4-6-21(29)23(17)27)14-37-25(36)32-22-10-18-9-19(28)8-7-16(18)12-30-22/h4-10,12,20,34H,11,13-15H2,1-3H3,(H,31,35)(H,30,32,36). The summed E-state index contributed by atoms with van der Waals surface area (Å²) in [6.45, 7) is 3.29. The van der Waals surface area contributed by atoms with Crippen molar-refractivity contribution in [1.82, 2.24) is 15.2 Å². The highest BCUT2D eigenvalue weighted by atomic mass is 35.5. The van der Waals surface area contributed by atoms with E-state index >= 15 is 0 Å². The third-order valence-electron chi connectivity index (χ3n) is 5.87. The third-order valence-corrected chi connectivity index (χ3v) is 6.29. The number of benzene rings is 2. The highest BCUT2D eigenvalue weighted by Crippen LogP contribution is 2.25. The summed E-state index contributed by atoms with van der Waals surface area (Å²) in [7, 11) is 1.53. The fraction of sp³-hybridized carbons (Fsp3) is 0.346. The summed E-state index contributed by atoms with van der Waals surface area (Å²) < 4.78 is 32.6. The molecule has 0 fully saturated rings. The number of halogens is 3. The fourth-order valence-electron chi connectivity index (χ4n) is 3.65. The molecule has 0 radical (unpaired) electrons. The summed E-state index contributed by atoms with van der Waals surface area (Å²) >= 11 is 5.96. The van der Waals surface area contributed by atoms with Crippen molar-refractivity contribution in [3.05, 3.63) is 70.9 Å². The zero-order chi connectivity index (χ0) is 27.2. The van der Waals surface area contributed by atoms with Gasteiger partial charge < -0.3 is 20.1 Å². The van der Waals surface area contributed by atoms with Crippen LogP contribution in [-0.2, 0) is 11.3 Å². The maximum absolute atomic E-state index is 13.7. The van der Waals surface area contributed by atoms with Crippen LogP contribution >= 0.6 is 11.6 Å². The fourth-order valence-corrected chi connectivity index (χ4v) is 3.84. The number of aliphatic hydroxyl groups is 1. The van der Waals surface area contributed by atoms with Gasteiger partial charge in [-0.2, -0.15) is 0 Å². The van der Waals surface area contributed by atoms with Crippen LogP contribution in [0.3, 0.4) is 0 Å². The van der Waals surface area contributed by atoms with Crippen molar-refractivity contribution in [3.63, 3.8) is 0 Å². The normalized spacial score (nSPS) is 12.2. The summed E-state index contributed by atoms with van der Waals surface area (Å²) in [5.74, 6) is -0.828. The SMILES string of the molecule is CN(C(=O)NCc1cccc(F)c1Cl)C(COC(=O)Nc1cc2cc(F)ccc2cn1)CC(C)(C)CO. The summed E-state index contributed by atoms with van der Waals surface area (Å²) in [4.78, 5) is 30.8. The van der Waals surface area contributed by atoms with E-state index in [-0.39, 0.29) is 30.6 Å². The Bertz CT molecular complexity index is 1270. The number of ether oxygens (including phenoxy) is 1. The minimum atomic E-state index is -0.810. The van der Waals surface area contributed by atoms with E-state index in [0.29, 0.717) is 22.8 Å². The molecule has 8 nitrogen and oxygen atoms in total. The number of fused-ring (bicyclic) bond motifs is 1. The number of pyridine rings is 1. The third kappa shape index (κ3) is 7.74. The first-order chi connectivity index (χ1) is 17.5. The van der Waals surface area contributed by atoms with Crippen LogP contribution in [0.1, 0.15) is 25.8 Å². The Morgan fingerprint density at radius 2 is 1.95 bits per heavy atom. The number of likely N-dealkylation sites (N-methyl/N-ethyl adjacent to an activating group) is 1. The number of aliphatic hydroxyl groups excluding tert-OH is 1. The van der Waals surface area contributed by atoms with E-state index in [1.54, 1.807) is 12.1 Å². The minimum Gasteiger partial charge on any atom is -0.447 e. The van der Waals surface area contributed by atoms with E-state index in [1.807, 2.05) is 13.8 Å². The van der Waals surface area contributed by atoms with Crippen molar-refractivity contribution in [2.75, 3.05) is 25.6 Å². The number of anilines is 1. The van der Waals surface area contributed by atoms with Crippen molar-refractivity contribution in [2.45, 2.75) is 32.9 Å². The molecule has 0 bridgehead atoms. The number of urea groups is 1. The highest BCUT2D eigenvalue weighted by molar-refractivity contribution is 6.31. The number of hydrogen-bond acceptors (Lipinski definition) is 5. The van der Waals surface area contributed by atoms with Gasteiger partial charge in [0, 0.05) is 31.8 Å². The molecule has 11 heteroatoms. The molecule has 3 N–H and O–H groups in total. The van der Waals surface area contributed by atoms with Crippen LogP contribution in [0.4, 0.5) is 24.2 Å². The van der Waals surface area contributed by atoms with Crippen molar-refractivity contribution < 1.29 is 28.2 Å². The van der Waals surface area contributed by atoms with Crippen LogP contribution in [0.5, 0.6) is 0 Å². The molecule has 3 rings (SSSR count). The molecule has 0 spiro atoms. The van der Waals surface area contributed by atoms with Gasteiger partial charge in [0.25, 0.3) is 0 Å². The second-order valence-corrected chi connectivity index (χ2v) is 9.83. The van der Waals surface area contributed by atoms with Crippen LogP contribution in [0.15, 0.2) is 48.7 Å². The topological polar surface area (TPSA) is 104 Å². The number of rotatable bonds is 9. The molecule has 0 aliphatic carbocycles. The molecule has 1 unspecified atom stereocenters. The average molecular weight is 535 g/mol. The molecule has 0 aliphatic heterocycles. The molecule has 198 valence electrons. The van der Waals surface area contributed by atoms with Crippen LogP contribution in [-0.4, -0.2) is 53.4 Å². The van der Waals surface area contributed by atoms with Crippen LogP contribution in [0.25, 0.3) is 10.8 Å². The predicted octanol–water partition coefficient (Wildman–Crippen LogP) is 5.33. The highest BCUT2D eigenvalue weighted by Gasteiger charge is 2.29. The summed E-state index contributed by atoms with van der Waals surface area (Å²) in [5.41, 5.74) is -0.163. The van der Waals surface area contributed by atoms with Crippen molar-refractivity contribution >= 4 is 40.3 Å². The number of carbonyl (C=O) groups is 2.